The fourth-order valence-corrected chi connectivity index (χ4v) is 3.30. The molecule has 2 unspecified atom stereocenters. The molecule has 2 atom stereocenters. The van der Waals surface area contributed by atoms with E-state index in [0.29, 0.717) is 26.1 Å². The van der Waals surface area contributed by atoms with Crippen molar-refractivity contribution < 1.29 is 14.3 Å². The van der Waals surface area contributed by atoms with E-state index >= 15 is 0 Å². The number of ether oxygens (including phenoxy) is 1. The van der Waals surface area contributed by atoms with Crippen LogP contribution in [-0.4, -0.2) is 43.0 Å². The lowest BCUT2D eigenvalue weighted by molar-refractivity contribution is -0.135. The molecule has 2 amide bonds. The SMILES string of the molecule is CCCC(=O)N1CCCC(C(=O)NCCCOC(C)c2ccccc2)C1. The van der Waals surface area contributed by atoms with Crippen LogP contribution in [0.2, 0.25) is 0 Å². The fraction of sp³-hybridized carbons (Fsp3) is 0.619. The van der Waals surface area contributed by atoms with Crippen LogP contribution in [0.25, 0.3) is 0 Å². The van der Waals surface area contributed by atoms with E-state index in [4.69, 9.17) is 4.74 Å². The molecule has 5 heteroatoms. The summed E-state index contributed by atoms with van der Waals surface area (Å²) in [5.41, 5.74) is 1.16. The van der Waals surface area contributed by atoms with Crippen molar-refractivity contribution in [1.29, 1.82) is 0 Å². The monoisotopic (exact) mass is 360 g/mol. The minimum absolute atomic E-state index is 0.0587. The van der Waals surface area contributed by atoms with Crippen molar-refractivity contribution in [3.63, 3.8) is 0 Å². The van der Waals surface area contributed by atoms with Gasteiger partial charge in [0.1, 0.15) is 0 Å². The van der Waals surface area contributed by atoms with Crippen molar-refractivity contribution in [2.75, 3.05) is 26.2 Å². The smallest absolute Gasteiger partial charge is 0.224 e. The summed E-state index contributed by atoms with van der Waals surface area (Å²) in [5, 5.41) is 3.00. The van der Waals surface area contributed by atoms with Crippen LogP contribution in [0.1, 0.15) is 57.6 Å². The average Bonchev–Trinajstić information content (AvgIpc) is 2.68. The number of amides is 2. The van der Waals surface area contributed by atoms with Gasteiger partial charge in [0.05, 0.1) is 12.0 Å². The van der Waals surface area contributed by atoms with E-state index in [0.717, 1.165) is 37.8 Å². The second kappa shape index (κ2) is 11.0. The molecule has 0 spiro atoms. The molecule has 1 aliphatic rings. The van der Waals surface area contributed by atoms with Crippen molar-refractivity contribution in [3.05, 3.63) is 35.9 Å². The van der Waals surface area contributed by atoms with E-state index in [9.17, 15) is 9.59 Å². The number of carbonyl (C=O) groups excluding carboxylic acids is 2. The number of likely N-dealkylation sites (tertiary alicyclic amines) is 1. The number of benzene rings is 1. The number of hydrogen-bond acceptors (Lipinski definition) is 3. The molecule has 1 aromatic carbocycles. The van der Waals surface area contributed by atoms with Crippen LogP contribution in [0.5, 0.6) is 0 Å². The number of hydrogen-bond donors (Lipinski definition) is 1. The molecule has 1 N–H and O–H groups in total. The van der Waals surface area contributed by atoms with Gasteiger partial charge >= 0.3 is 0 Å². The topological polar surface area (TPSA) is 58.6 Å². The second-order valence-electron chi connectivity index (χ2n) is 7.00. The lowest BCUT2D eigenvalue weighted by Crippen LogP contribution is -2.45. The van der Waals surface area contributed by atoms with E-state index in [1.54, 1.807) is 0 Å². The minimum atomic E-state index is -0.0753. The first-order valence-electron chi connectivity index (χ1n) is 9.83. The van der Waals surface area contributed by atoms with Crippen LogP contribution in [0.3, 0.4) is 0 Å². The van der Waals surface area contributed by atoms with Gasteiger partial charge in [-0.1, -0.05) is 37.3 Å². The minimum Gasteiger partial charge on any atom is -0.374 e. The number of piperidine rings is 1. The zero-order valence-electron chi connectivity index (χ0n) is 16.1. The van der Waals surface area contributed by atoms with E-state index in [1.807, 2.05) is 36.9 Å². The van der Waals surface area contributed by atoms with Gasteiger partial charge in [-0.15, -0.1) is 0 Å². The van der Waals surface area contributed by atoms with Crippen LogP contribution in [0.15, 0.2) is 30.3 Å². The quantitative estimate of drug-likeness (QED) is 0.687. The molecule has 0 aliphatic carbocycles. The zero-order valence-corrected chi connectivity index (χ0v) is 16.1. The van der Waals surface area contributed by atoms with Crippen LogP contribution in [0.4, 0.5) is 0 Å². The van der Waals surface area contributed by atoms with Gasteiger partial charge in [0.2, 0.25) is 11.8 Å². The standard InChI is InChI=1S/C21H32N2O3/c1-3-9-20(24)23-14-7-12-19(16-23)21(25)22-13-8-15-26-17(2)18-10-5-4-6-11-18/h4-6,10-11,17,19H,3,7-9,12-16H2,1-2H3,(H,22,25). The first-order chi connectivity index (χ1) is 12.6. The predicted molar refractivity (Wildman–Crippen MR) is 103 cm³/mol. The highest BCUT2D eigenvalue weighted by Gasteiger charge is 2.27. The molecule has 0 saturated carbocycles. The third-order valence-electron chi connectivity index (χ3n) is 4.87. The summed E-state index contributed by atoms with van der Waals surface area (Å²) < 4.78 is 5.83. The lowest BCUT2D eigenvalue weighted by atomic mass is 9.96. The third kappa shape index (κ3) is 6.45. The van der Waals surface area contributed by atoms with Crippen molar-refractivity contribution in [2.24, 2.45) is 5.92 Å². The molecule has 1 aliphatic heterocycles. The molecule has 2 rings (SSSR count). The molecule has 5 nitrogen and oxygen atoms in total. The summed E-state index contributed by atoms with van der Waals surface area (Å²) in [6.45, 7) is 6.62. The van der Waals surface area contributed by atoms with Gasteiger partial charge in [-0.3, -0.25) is 9.59 Å². The van der Waals surface area contributed by atoms with Gasteiger partial charge in [-0.25, -0.2) is 0 Å². The van der Waals surface area contributed by atoms with E-state index in [-0.39, 0.29) is 23.8 Å². The predicted octanol–water partition coefficient (Wildman–Crippen LogP) is 3.31. The van der Waals surface area contributed by atoms with E-state index in [2.05, 4.69) is 17.4 Å². The Labute approximate surface area is 157 Å². The molecule has 1 aromatic rings. The maximum absolute atomic E-state index is 12.4. The van der Waals surface area contributed by atoms with Crippen molar-refractivity contribution in [2.45, 2.75) is 52.1 Å². The van der Waals surface area contributed by atoms with Gasteiger partial charge in [0.25, 0.3) is 0 Å². The van der Waals surface area contributed by atoms with E-state index in [1.165, 1.54) is 0 Å². The Morgan fingerprint density at radius 1 is 1.31 bits per heavy atom. The molecule has 1 heterocycles. The maximum Gasteiger partial charge on any atom is 0.224 e. The van der Waals surface area contributed by atoms with Gasteiger partial charge in [0, 0.05) is 32.7 Å². The van der Waals surface area contributed by atoms with Gasteiger partial charge in [-0.2, -0.15) is 0 Å². The molecule has 0 bridgehead atoms. The second-order valence-corrected chi connectivity index (χ2v) is 7.00. The van der Waals surface area contributed by atoms with Crippen molar-refractivity contribution >= 4 is 11.8 Å². The summed E-state index contributed by atoms with van der Waals surface area (Å²) in [4.78, 5) is 26.2. The van der Waals surface area contributed by atoms with Gasteiger partial charge < -0.3 is 15.0 Å². The van der Waals surface area contributed by atoms with Gasteiger partial charge in [-0.05, 0) is 38.2 Å². The number of nitrogens with zero attached hydrogens (tertiary/aromatic N) is 1. The summed E-state index contributed by atoms with van der Waals surface area (Å²) in [5.74, 6) is 0.164. The third-order valence-corrected chi connectivity index (χ3v) is 4.87. The summed E-state index contributed by atoms with van der Waals surface area (Å²) in [6, 6.07) is 10.1. The molecule has 0 aromatic heterocycles. The fourth-order valence-electron chi connectivity index (χ4n) is 3.30. The Balaban J connectivity index is 1.63. The Kier molecular flexibility index (Phi) is 8.62. The average molecular weight is 360 g/mol. The van der Waals surface area contributed by atoms with E-state index < -0.39 is 0 Å². The zero-order chi connectivity index (χ0) is 18.8. The highest BCUT2D eigenvalue weighted by atomic mass is 16.5. The van der Waals surface area contributed by atoms with Crippen LogP contribution < -0.4 is 5.32 Å². The maximum atomic E-state index is 12.4. The molecule has 144 valence electrons. The Morgan fingerprint density at radius 3 is 2.81 bits per heavy atom. The normalized spacial score (nSPS) is 18.4. The first kappa shape index (κ1) is 20.4. The molecular formula is C21H32N2O3. The van der Waals surface area contributed by atoms with Crippen molar-refractivity contribution in [3.8, 4) is 0 Å². The number of carbonyl (C=O) groups is 2. The number of nitrogens with one attached hydrogen (secondary N) is 1. The Bertz CT molecular complexity index is 562. The molecule has 0 radical (unpaired) electrons. The molecule has 26 heavy (non-hydrogen) atoms. The molecular weight excluding hydrogens is 328 g/mol. The highest BCUT2D eigenvalue weighted by molar-refractivity contribution is 5.81. The Morgan fingerprint density at radius 2 is 2.08 bits per heavy atom. The summed E-state index contributed by atoms with van der Waals surface area (Å²) in [6.07, 6.45) is 4.05. The molecule has 1 saturated heterocycles. The summed E-state index contributed by atoms with van der Waals surface area (Å²) >= 11 is 0. The van der Waals surface area contributed by atoms with Crippen molar-refractivity contribution in [1.82, 2.24) is 10.2 Å². The summed E-state index contributed by atoms with van der Waals surface area (Å²) in [7, 11) is 0. The first-order valence-corrected chi connectivity index (χ1v) is 9.83. The van der Waals surface area contributed by atoms with Crippen LogP contribution >= 0.6 is 0 Å². The Hall–Kier alpha value is -1.88. The largest absolute Gasteiger partial charge is 0.374 e. The van der Waals surface area contributed by atoms with Crippen LogP contribution in [-0.2, 0) is 14.3 Å². The highest BCUT2D eigenvalue weighted by Crippen LogP contribution is 2.18. The van der Waals surface area contributed by atoms with Crippen LogP contribution in [0, 0.1) is 5.92 Å². The number of rotatable bonds is 9. The van der Waals surface area contributed by atoms with Gasteiger partial charge in [0.15, 0.2) is 0 Å². The lowest BCUT2D eigenvalue weighted by Gasteiger charge is -2.32. The molecule has 1 fully saturated rings.